The second-order valence-electron chi connectivity index (χ2n) is 3.11. The fourth-order valence-corrected chi connectivity index (χ4v) is 1.29. The number of hydrogen-bond acceptors (Lipinski definition) is 3. The minimum absolute atomic E-state index is 0.104. The van der Waals surface area contributed by atoms with Crippen molar-refractivity contribution in [2.45, 2.75) is 33.1 Å². The number of hydrogen-bond donors (Lipinski definition) is 0. The first kappa shape index (κ1) is 12.4. The van der Waals surface area contributed by atoms with Crippen molar-refractivity contribution in [2.75, 3.05) is 26.7 Å². The van der Waals surface area contributed by atoms with Gasteiger partial charge >= 0.3 is 5.97 Å². The lowest BCUT2D eigenvalue weighted by Gasteiger charge is -2.18. The van der Waals surface area contributed by atoms with Gasteiger partial charge in [-0.2, -0.15) is 0 Å². The Morgan fingerprint density at radius 2 is 2.00 bits per heavy atom. The molecular formula is C10H21NO2. The van der Waals surface area contributed by atoms with E-state index in [0.29, 0.717) is 6.42 Å². The molecule has 78 valence electrons. The van der Waals surface area contributed by atoms with Gasteiger partial charge in [-0.05, 0) is 32.5 Å². The van der Waals surface area contributed by atoms with E-state index < -0.39 is 0 Å². The van der Waals surface area contributed by atoms with E-state index in [1.807, 2.05) is 0 Å². The van der Waals surface area contributed by atoms with Crippen molar-refractivity contribution in [1.82, 2.24) is 4.90 Å². The van der Waals surface area contributed by atoms with Crippen LogP contribution in [0.1, 0.15) is 33.1 Å². The van der Waals surface area contributed by atoms with Gasteiger partial charge in [0.1, 0.15) is 0 Å². The average Bonchev–Trinajstić information content (AvgIpc) is 2.16. The first-order valence-corrected chi connectivity index (χ1v) is 5.03. The first-order valence-electron chi connectivity index (χ1n) is 5.03. The van der Waals surface area contributed by atoms with Crippen LogP contribution in [-0.4, -0.2) is 37.6 Å². The lowest BCUT2D eigenvalue weighted by Crippen LogP contribution is -2.25. The summed E-state index contributed by atoms with van der Waals surface area (Å²) in [5.74, 6) is -0.104. The van der Waals surface area contributed by atoms with E-state index in [2.05, 4.69) is 23.5 Å². The molecule has 0 aliphatic rings. The molecule has 3 heteroatoms. The fourth-order valence-electron chi connectivity index (χ4n) is 1.29. The molecule has 0 saturated heterocycles. The average molecular weight is 187 g/mol. The van der Waals surface area contributed by atoms with Crippen molar-refractivity contribution in [3.63, 3.8) is 0 Å². The number of esters is 1. The van der Waals surface area contributed by atoms with E-state index in [1.165, 1.54) is 13.5 Å². The van der Waals surface area contributed by atoms with Crippen molar-refractivity contribution in [3.8, 4) is 0 Å². The Morgan fingerprint density at radius 3 is 2.46 bits per heavy atom. The standard InChI is InChI=1S/C10H21NO2/c1-4-8-11(5-2)9-6-7-10(12)13-3/h4-9H2,1-3H3. The molecule has 0 atom stereocenters. The second-order valence-corrected chi connectivity index (χ2v) is 3.11. The summed E-state index contributed by atoms with van der Waals surface area (Å²) in [6, 6.07) is 0. The van der Waals surface area contributed by atoms with Crippen LogP contribution < -0.4 is 0 Å². The third-order valence-corrected chi connectivity index (χ3v) is 2.07. The van der Waals surface area contributed by atoms with Gasteiger partial charge in [0.25, 0.3) is 0 Å². The molecule has 3 nitrogen and oxygen atoms in total. The number of carbonyl (C=O) groups is 1. The third kappa shape index (κ3) is 6.58. The quantitative estimate of drug-likeness (QED) is 0.568. The Kier molecular flexibility index (Phi) is 7.69. The zero-order chi connectivity index (χ0) is 10.1. The van der Waals surface area contributed by atoms with Crippen molar-refractivity contribution >= 4 is 5.97 Å². The number of rotatable bonds is 7. The molecule has 0 fully saturated rings. The van der Waals surface area contributed by atoms with Crippen molar-refractivity contribution in [3.05, 3.63) is 0 Å². The van der Waals surface area contributed by atoms with Gasteiger partial charge in [-0.3, -0.25) is 4.79 Å². The predicted molar refractivity (Wildman–Crippen MR) is 53.7 cm³/mol. The summed E-state index contributed by atoms with van der Waals surface area (Å²) >= 11 is 0. The molecule has 0 unspecified atom stereocenters. The maximum Gasteiger partial charge on any atom is 0.305 e. The lowest BCUT2D eigenvalue weighted by molar-refractivity contribution is -0.140. The molecule has 0 rings (SSSR count). The van der Waals surface area contributed by atoms with Crippen LogP contribution in [0.15, 0.2) is 0 Å². The van der Waals surface area contributed by atoms with Gasteiger partial charge in [0.05, 0.1) is 7.11 Å². The molecule has 0 N–H and O–H groups in total. The van der Waals surface area contributed by atoms with Crippen LogP contribution in [0.4, 0.5) is 0 Å². The highest BCUT2D eigenvalue weighted by Crippen LogP contribution is 1.97. The van der Waals surface area contributed by atoms with E-state index in [4.69, 9.17) is 0 Å². The van der Waals surface area contributed by atoms with Crippen LogP contribution >= 0.6 is 0 Å². The molecule has 0 amide bonds. The maximum atomic E-state index is 10.8. The zero-order valence-electron chi connectivity index (χ0n) is 9.01. The molecule has 0 spiro atoms. The van der Waals surface area contributed by atoms with Crippen LogP contribution in [0, 0.1) is 0 Å². The van der Waals surface area contributed by atoms with E-state index in [9.17, 15) is 4.79 Å². The molecule has 0 aromatic rings. The van der Waals surface area contributed by atoms with E-state index in [0.717, 1.165) is 26.1 Å². The van der Waals surface area contributed by atoms with E-state index in [-0.39, 0.29) is 5.97 Å². The lowest BCUT2D eigenvalue weighted by atomic mass is 10.3. The Hall–Kier alpha value is -0.570. The maximum absolute atomic E-state index is 10.8. The SMILES string of the molecule is CCCN(CC)CCCC(=O)OC. The van der Waals surface area contributed by atoms with Crippen LogP contribution in [0.3, 0.4) is 0 Å². The summed E-state index contributed by atoms with van der Waals surface area (Å²) < 4.78 is 4.57. The molecule has 0 aliphatic carbocycles. The largest absolute Gasteiger partial charge is 0.469 e. The summed E-state index contributed by atoms with van der Waals surface area (Å²) in [5.41, 5.74) is 0. The first-order chi connectivity index (χ1) is 6.24. The van der Waals surface area contributed by atoms with E-state index >= 15 is 0 Å². The highest BCUT2D eigenvalue weighted by molar-refractivity contribution is 5.69. The second kappa shape index (κ2) is 8.05. The molecule has 0 aliphatic heterocycles. The van der Waals surface area contributed by atoms with Crippen molar-refractivity contribution in [2.24, 2.45) is 0 Å². The van der Waals surface area contributed by atoms with Gasteiger partial charge in [-0.15, -0.1) is 0 Å². The Morgan fingerprint density at radius 1 is 1.31 bits per heavy atom. The molecule has 13 heavy (non-hydrogen) atoms. The monoisotopic (exact) mass is 187 g/mol. The molecule has 0 bridgehead atoms. The molecular weight excluding hydrogens is 166 g/mol. The Balaban J connectivity index is 3.42. The van der Waals surface area contributed by atoms with Crippen LogP contribution in [0.2, 0.25) is 0 Å². The summed E-state index contributed by atoms with van der Waals surface area (Å²) in [6.07, 6.45) is 2.61. The fraction of sp³-hybridized carbons (Fsp3) is 0.900. The Labute approximate surface area is 81.1 Å². The molecule has 0 radical (unpaired) electrons. The van der Waals surface area contributed by atoms with Crippen LogP contribution in [-0.2, 0) is 9.53 Å². The van der Waals surface area contributed by atoms with Gasteiger partial charge in [0.2, 0.25) is 0 Å². The van der Waals surface area contributed by atoms with Crippen LogP contribution in [0.5, 0.6) is 0 Å². The topological polar surface area (TPSA) is 29.5 Å². The summed E-state index contributed by atoms with van der Waals surface area (Å²) in [4.78, 5) is 13.1. The highest BCUT2D eigenvalue weighted by atomic mass is 16.5. The number of ether oxygens (including phenoxy) is 1. The minimum Gasteiger partial charge on any atom is -0.469 e. The van der Waals surface area contributed by atoms with Gasteiger partial charge in [-0.1, -0.05) is 13.8 Å². The summed E-state index contributed by atoms with van der Waals surface area (Å²) in [7, 11) is 1.44. The highest BCUT2D eigenvalue weighted by Gasteiger charge is 2.03. The molecule has 0 aromatic heterocycles. The number of carbonyl (C=O) groups excluding carboxylic acids is 1. The molecule has 0 saturated carbocycles. The predicted octanol–water partition coefficient (Wildman–Crippen LogP) is 1.67. The van der Waals surface area contributed by atoms with E-state index in [1.54, 1.807) is 0 Å². The van der Waals surface area contributed by atoms with Crippen molar-refractivity contribution in [1.29, 1.82) is 0 Å². The zero-order valence-corrected chi connectivity index (χ0v) is 9.01. The normalized spacial score (nSPS) is 10.5. The summed E-state index contributed by atoms with van der Waals surface area (Å²) in [6.45, 7) is 7.50. The van der Waals surface area contributed by atoms with Gasteiger partial charge < -0.3 is 9.64 Å². The Bertz CT molecular complexity index is 137. The molecule has 0 aromatic carbocycles. The number of methoxy groups -OCH3 is 1. The summed E-state index contributed by atoms with van der Waals surface area (Å²) in [5, 5.41) is 0. The molecule has 0 heterocycles. The smallest absolute Gasteiger partial charge is 0.305 e. The minimum atomic E-state index is -0.104. The van der Waals surface area contributed by atoms with Gasteiger partial charge in [-0.25, -0.2) is 0 Å². The number of nitrogens with zero attached hydrogens (tertiary/aromatic N) is 1. The third-order valence-electron chi connectivity index (χ3n) is 2.07. The van der Waals surface area contributed by atoms with Gasteiger partial charge in [0, 0.05) is 6.42 Å². The van der Waals surface area contributed by atoms with Gasteiger partial charge in [0.15, 0.2) is 0 Å². The van der Waals surface area contributed by atoms with Crippen LogP contribution in [0.25, 0.3) is 0 Å². The van der Waals surface area contributed by atoms with Crippen molar-refractivity contribution < 1.29 is 9.53 Å².